The Balaban J connectivity index is 1.61. The highest BCUT2D eigenvalue weighted by Gasteiger charge is 2.29. The smallest absolute Gasteiger partial charge is 0.254 e. The van der Waals surface area contributed by atoms with E-state index in [9.17, 15) is 4.79 Å². The van der Waals surface area contributed by atoms with Crippen molar-refractivity contribution in [2.45, 2.75) is 12.1 Å². The number of carbonyl (C=O) groups excluding carboxylic acids is 1. The molecule has 3 rings (SSSR count). The van der Waals surface area contributed by atoms with Gasteiger partial charge in [0.05, 0.1) is 24.8 Å². The molecule has 0 unspecified atom stereocenters. The molecule has 7 heteroatoms. The number of amides is 1. The fourth-order valence-electron chi connectivity index (χ4n) is 2.31. The zero-order chi connectivity index (χ0) is 16.1. The van der Waals surface area contributed by atoms with Gasteiger partial charge < -0.3 is 20.1 Å². The predicted octanol–water partition coefficient (Wildman–Crippen LogP) is 1.36. The number of nitrogens with zero attached hydrogens (tertiary/aromatic N) is 2. The topological polar surface area (TPSA) is 85.4 Å². The van der Waals surface area contributed by atoms with Gasteiger partial charge in [-0.15, -0.1) is 0 Å². The second-order valence-corrected chi connectivity index (χ2v) is 5.18. The zero-order valence-electron chi connectivity index (χ0n) is 12.7. The lowest BCUT2D eigenvalue weighted by Crippen LogP contribution is -2.43. The highest BCUT2D eigenvalue weighted by molar-refractivity contribution is 5.94. The number of carbonyl (C=O) groups is 1. The van der Waals surface area contributed by atoms with Gasteiger partial charge in [-0.2, -0.15) is 0 Å². The van der Waals surface area contributed by atoms with Crippen molar-refractivity contribution in [3.63, 3.8) is 0 Å². The van der Waals surface area contributed by atoms with Crippen LogP contribution in [-0.4, -0.2) is 48.3 Å². The Morgan fingerprint density at radius 3 is 2.65 bits per heavy atom. The van der Waals surface area contributed by atoms with Crippen molar-refractivity contribution < 1.29 is 14.3 Å². The summed E-state index contributed by atoms with van der Waals surface area (Å²) in [7, 11) is 1.60. The molecule has 2 heterocycles. The second kappa shape index (κ2) is 7.17. The number of aromatic nitrogens is 2. The molecule has 23 heavy (non-hydrogen) atoms. The van der Waals surface area contributed by atoms with Crippen molar-refractivity contribution in [1.82, 2.24) is 15.3 Å². The van der Waals surface area contributed by atoms with E-state index in [0.717, 1.165) is 5.69 Å². The summed E-state index contributed by atoms with van der Waals surface area (Å²) < 4.78 is 10.6. The van der Waals surface area contributed by atoms with Gasteiger partial charge in [-0.3, -0.25) is 4.79 Å². The minimum Gasteiger partial charge on any atom is -0.377 e. The molecule has 2 N–H and O–H groups in total. The fraction of sp³-hybridized carbons (Fsp3) is 0.312. The number of para-hydroxylation sites is 1. The van der Waals surface area contributed by atoms with E-state index in [1.165, 1.54) is 12.4 Å². The molecule has 1 amide bonds. The minimum atomic E-state index is -0.242. The molecule has 2 aromatic rings. The first kappa shape index (κ1) is 15.4. The Bertz CT molecular complexity index is 648. The minimum absolute atomic E-state index is 0.126. The Hall–Kier alpha value is -2.51. The van der Waals surface area contributed by atoms with Gasteiger partial charge in [0.15, 0.2) is 0 Å². The normalized spacial score (nSPS) is 20.2. The largest absolute Gasteiger partial charge is 0.377 e. The van der Waals surface area contributed by atoms with Crippen LogP contribution in [0.15, 0.2) is 42.7 Å². The number of hydrogen-bond acceptors (Lipinski definition) is 6. The Morgan fingerprint density at radius 1 is 1.22 bits per heavy atom. The molecule has 0 spiro atoms. The first-order valence-electron chi connectivity index (χ1n) is 7.32. The molecule has 0 saturated carbocycles. The Labute approximate surface area is 134 Å². The third-order valence-electron chi connectivity index (χ3n) is 3.59. The van der Waals surface area contributed by atoms with E-state index in [-0.39, 0.29) is 18.1 Å². The van der Waals surface area contributed by atoms with Gasteiger partial charge in [0.25, 0.3) is 5.91 Å². The van der Waals surface area contributed by atoms with Gasteiger partial charge >= 0.3 is 0 Å². The molecule has 0 bridgehead atoms. The first-order valence-corrected chi connectivity index (χ1v) is 7.32. The van der Waals surface area contributed by atoms with Crippen molar-refractivity contribution in [2.75, 3.05) is 25.6 Å². The number of methoxy groups -OCH3 is 1. The lowest BCUT2D eigenvalue weighted by molar-refractivity contribution is 0.0685. The lowest BCUT2D eigenvalue weighted by atomic mass is 10.2. The molecule has 1 fully saturated rings. The Morgan fingerprint density at radius 2 is 1.96 bits per heavy atom. The summed E-state index contributed by atoms with van der Waals surface area (Å²) in [4.78, 5) is 20.5. The summed E-state index contributed by atoms with van der Waals surface area (Å²) in [5.74, 6) is 0.195. The summed E-state index contributed by atoms with van der Waals surface area (Å²) in [5.41, 5.74) is 1.28. The van der Waals surface area contributed by atoms with Crippen LogP contribution in [0.2, 0.25) is 0 Å². The number of nitrogens with one attached hydrogen (secondary N) is 2. The van der Waals surface area contributed by atoms with E-state index in [2.05, 4.69) is 20.6 Å². The highest BCUT2D eigenvalue weighted by Crippen LogP contribution is 2.12. The number of anilines is 2. The molecule has 1 aromatic heterocycles. The van der Waals surface area contributed by atoms with Crippen LogP contribution in [-0.2, 0) is 9.47 Å². The molecule has 1 aliphatic rings. The maximum atomic E-state index is 12.2. The Kier molecular flexibility index (Phi) is 4.80. The van der Waals surface area contributed by atoms with Crippen LogP contribution < -0.4 is 10.6 Å². The second-order valence-electron chi connectivity index (χ2n) is 5.18. The quantitative estimate of drug-likeness (QED) is 0.867. The van der Waals surface area contributed by atoms with Gasteiger partial charge in [-0.1, -0.05) is 18.2 Å². The SMILES string of the molecule is CO[C@H]1COC[C@@H]1NC(=O)c1cnc(Nc2ccccc2)nc1. The molecule has 7 nitrogen and oxygen atoms in total. The van der Waals surface area contributed by atoms with Crippen LogP contribution in [0.25, 0.3) is 0 Å². The van der Waals surface area contributed by atoms with Crippen LogP contribution in [0.1, 0.15) is 10.4 Å². The van der Waals surface area contributed by atoms with Crippen LogP contribution in [0.5, 0.6) is 0 Å². The van der Waals surface area contributed by atoms with Crippen LogP contribution in [0, 0.1) is 0 Å². The molecular formula is C16H18N4O3. The van der Waals surface area contributed by atoms with Gasteiger partial charge in [0.1, 0.15) is 6.10 Å². The van der Waals surface area contributed by atoms with E-state index >= 15 is 0 Å². The van der Waals surface area contributed by atoms with E-state index in [4.69, 9.17) is 9.47 Å². The molecule has 1 aromatic carbocycles. The predicted molar refractivity (Wildman–Crippen MR) is 84.6 cm³/mol. The molecule has 0 radical (unpaired) electrons. The van der Waals surface area contributed by atoms with Crippen molar-refractivity contribution in [3.8, 4) is 0 Å². The van der Waals surface area contributed by atoms with Crippen molar-refractivity contribution in [1.29, 1.82) is 0 Å². The molecule has 0 aliphatic carbocycles. The summed E-state index contributed by atoms with van der Waals surface area (Å²) in [6.45, 7) is 0.927. The molecular weight excluding hydrogens is 296 g/mol. The number of rotatable bonds is 5. The molecule has 120 valence electrons. The summed E-state index contributed by atoms with van der Waals surface area (Å²) in [6, 6.07) is 9.43. The average molecular weight is 314 g/mol. The van der Waals surface area contributed by atoms with Crippen LogP contribution in [0.3, 0.4) is 0 Å². The van der Waals surface area contributed by atoms with E-state index in [0.29, 0.717) is 24.7 Å². The zero-order valence-corrected chi connectivity index (χ0v) is 12.7. The average Bonchev–Trinajstić information content (AvgIpc) is 3.03. The summed E-state index contributed by atoms with van der Waals surface area (Å²) in [5, 5.41) is 5.94. The lowest BCUT2D eigenvalue weighted by Gasteiger charge is -2.17. The summed E-state index contributed by atoms with van der Waals surface area (Å²) in [6.07, 6.45) is 2.86. The number of ether oxygens (including phenoxy) is 2. The van der Waals surface area contributed by atoms with E-state index < -0.39 is 0 Å². The van der Waals surface area contributed by atoms with Gasteiger partial charge in [0, 0.05) is 25.2 Å². The maximum Gasteiger partial charge on any atom is 0.254 e. The van der Waals surface area contributed by atoms with E-state index in [1.807, 2.05) is 30.3 Å². The third kappa shape index (κ3) is 3.82. The van der Waals surface area contributed by atoms with Gasteiger partial charge in [-0.25, -0.2) is 9.97 Å². The van der Waals surface area contributed by atoms with Crippen molar-refractivity contribution >= 4 is 17.5 Å². The highest BCUT2D eigenvalue weighted by atomic mass is 16.5. The first-order chi connectivity index (χ1) is 11.3. The van der Waals surface area contributed by atoms with Gasteiger partial charge in [0.2, 0.25) is 5.95 Å². The van der Waals surface area contributed by atoms with Gasteiger partial charge in [-0.05, 0) is 12.1 Å². The van der Waals surface area contributed by atoms with Crippen molar-refractivity contribution in [2.24, 2.45) is 0 Å². The van der Waals surface area contributed by atoms with E-state index in [1.54, 1.807) is 7.11 Å². The monoisotopic (exact) mass is 314 g/mol. The van der Waals surface area contributed by atoms with Crippen LogP contribution in [0.4, 0.5) is 11.6 Å². The molecule has 1 saturated heterocycles. The maximum absolute atomic E-state index is 12.2. The number of hydrogen-bond donors (Lipinski definition) is 2. The molecule has 2 atom stereocenters. The molecule has 1 aliphatic heterocycles. The van der Waals surface area contributed by atoms with Crippen molar-refractivity contribution in [3.05, 3.63) is 48.3 Å². The fourth-order valence-corrected chi connectivity index (χ4v) is 2.31. The van der Waals surface area contributed by atoms with Crippen LogP contribution >= 0.6 is 0 Å². The third-order valence-corrected chi connectivity index (χ3v) is 3.59. The standard InChI is InChI=1S/C16H18N4O3/c1-22-14-10-23-9-13(14)20-15(21)11-7-17-16(18-8-11)19-12-5-3-2-4-6-12/h2-8,13-14H,9-10H2,1H3,(H,20,21)(H,17,18,19)/t13-,14-/m0/s1. The number of benzene rings is 1. The summed E-state index contributed by atoms with van der Waals surface area (Å²) >= 11 is 0.